The molecule has 0 aromatic heterocycles. The summed E-state index contributed by atoms with van der Waals surface area (Å²) in [5.41, 5.74) is 6.56. The predicted molar refractivity (Wildman–Crippen MR) is 44.5 cm³/mol. The fourth-order valence-corrected chi connectivity index (χ4v) is 0.785. The highest BCUT2D eigenvalue weighted by Crippen LogP contribution is 1.99. The van der Waals surface area contributed by atoms with E-state index in [4.69, 9.17) is 5.73 Å². The van der Waals surface area contributed by atoms with Gasteiger partial charge in [-0.25, -0.2) is 10.5 Å². The Labute approximate surface area is 73.0 Å². The lowest BCUT2D eigenvalue weighted by Gasteiger charge is -2.02. The van der Waals surface area contributed by atoms with E-state index in [0.717, 1.165) is 25.7 Å². The maximum absolute atomic E-state index is 10.5. The molecule has 0 aliphatic carbocycles. The average molecular weight is 174 g/mol. The number of carbonyl (C=O) groups is 1. The topological polar surface area (TPSA) is 59.3 Å². The van der Waals surface area contributed by atoms with Gasteiger partial charge in [-0.2, -0.15) is 0 Å². The van der Waals surface area contributed by atoms with E-state index in [1.807, 2.05) is 0 Å². The minimum absolute atomic E-state index is 0.367. The average Bonchev–Trinajstić information content (AvgIpc) is 2.05. The van der Waals surface area contributed by atoms with Crippen LogP contribution in [0, 0.1) is 0 Å². The molecule has 71 valence electrons. The largest absolute Gasteiger partial charge is 0.509 e. The summed E-state index contributed by atoms with van der Waals surface area (Å²) in [6.45, 7) is 2.15. The van der Waals surface area contributed by atoms with E-state index in [2.05, 4.69) is 16.4 Å². The molecule has 1 radical (unpaired) electrons. The molecule has 0 saturated heterocycles. The third kappa shape index (κ3) is 7.34. The Morgan fingerprint density at radius 1 is 1.25 bits per heavy atom. The van der Waals surface area contributed by atoms with Gasteiger partial charge in [-0.3, -0.25) is 0 Å². The summed E-state index contributed by atoms with van der Waals surface area (Å²) in [6, 6.07) is 0. The van der Waals surface area contributed by atoms with Crippen LogP contribution in [0.1, 0.15) is 32.6 Å². The number of carbonyl (C=O) groups excluding carboxylic acids is 1. The van der Waals surface area contributed by atoms with Gasteiger partial charge in [0.05, 0.1) is 6.61 Å². The molecule has 4 heteroatoms. The van der Waals surface area contributed by atoms with E-state index in [1.54, 1.807) is 0 Å². The Kier molecular flexibility index (Phi) is 7.79. The maximum atomic E-state index is 10.5. The molecular weight excluding hydrogens is 158 g/mol. The normalized spacial score (nSPS) is 9.50. The molecule has 4 nitrogen and oxygen atoms in total. The van der Waals surface area contributed by atoms with Crippen molar-refractivity contribution in [3.63, 3.8) is 0 Å². The van der Waals surface area contributed by atoms with Crippen molar-refractivity contribution in [3.05, 3.63) is 0 Å². The van der Waals surface area contributed by atoms with Crippen LogP contribution in [0.25, 0.3) is 0 Å². The van der Waals surface area contributed by atoms with Crippen molar-refractivity contribution in [2.75, 3.05) is 13.3 Å². The summed E-state index contributed by atoms with van der Waals surface area (Å²) in [6.07, 6.45) is 3.54. The Balaban J connectivity index is 3.03. The predicted octanol–water partition coefficient (Wildman–Crippen LogP) is 1.96. The Bertz CT molecular complexity index is 117. The van der Waals surface area contributed by atoms with Crippen LogP contribution in [0.2, 0.25) is 0 Å². The van der Waals surface area contributed by atoms with E-state index < -0.39 is 6.16 Å². The summed E-state index contributed by atoms with van der Waals surface area (Å²) in [7, 11) is 0. The molecule has 0 bridgehead atoms. The SMILES string of the molecule is CCCCCCOC(=O)OC[NH]. The van der Waals surface area contributed by atoms with Crippen molar-refractivity contribution in [1.82, 2.24) is 5.73 Å². The highest BCUT2D eigenvalue weighted by atomic mass is 16.7. The molecule has 0 aromatic carbocycles. The fraction of sp³-hybridized carbons (Fsp3) is 0.875. The van der Waals surface area contributed by atoms with Crippen LogP contribution in [0.15, 0.2) is 0 Å². The van der Waals surface area contributed by atoms with E-state index in [0.29, 0.717) is 6.61 Å². The van der Waals surface area contributed by atoms with E-state index >= 15 is 0 Å². The van der Waals surface area contributed by atoms with Gasteiger partial charge in [-0.1, -0.05) is 26.2 Å². The standard InChI is InChI=1S/C8H16NO3/c1-2-3-4-5-6-11-8(10)12-7-9/h9H,2-7H2,1H3. The number of hydrogen-bond acceptors (Lipinski definition) is 3. The van der Waals surface area contributed by atoms with Gasteiger partial charge >= 0.3 is 6.16 Å². The lowest BCUT2D eigenvalue weighted by molar-refractivity contribution is 0.0547. The summed E-state index contributed by atoms with van der Waals surface area (Å²) in [5, 5.41) is 0. The second kappa shape index (κ2) is 8.33. The van der Waals surface area contributed by atoms with Gasteiger partial charge in [0.15, 0.2) is 6.73 Å². The molecule has 0 amide bonds. The Morgan fingerprint density at radius 3 is 2.58 bits per heavy atom. The second-order valence-corrected chi connectivity index (χ2v) is 2.45. The Morgan fingerprint density at radius 2 is 2.00 bits per heavy atom. The van der Waals surface area contributed by atoms with Gasteiger partial charge < -0.3 is 9.47 Å². The first-order valence-corrected chi connectivity index (χ1v) is 4.25. The number of rotatable bonds is 6. The molecule has 12 heavy (non-hydrogen) atoms. The molecule has 0 aliphatic heterocycles. The lowest BCUT2D eigenvalue weighted by atomic mass is 10.2. The van der Waals surface area contributed by atoms with Crippen LogP contribution in [0.3, 0.4) is 0 Å². The lowest BCUT2D eigenvalue weighted by Crippen LogP contribution is -2.09. The molecule has 0 saturated carbocycles. The molecule has 1 N–H and O–H groups in total. The van der Waals surface area contributed by atoms with Gasteiger partial charge in [0.1, 0.15) is 0 Å². The fourth-order valence-electron chi connectivity index (χ4n) is 0.785. The van der Waals surface area contributed by atoms with Gasteiger partial charge in [0, 0.05) is 0 Å². The first-order valence-electron chi connectivity index (χ1n) is 4.25. The summed E-state index contributed by atoms with van der Waals surface area (Å²) in [5.74, 6) is 0. The Hall–Kier alpha value is -0.770. The third-order valence-corrected chi connectivity index (χ3v) is 1.41. The van der Waals surface area contributed by atoms with Gasteiger partial charge in [-0.05, 0) is 6.42 Å². The zero-order valence-corrected chi connectivity index (χ0v) is 7.47. The van der Waals surface area contributed by atoms with Crippen LogP contribution in [-0.4, -0.2) is 19.5 Å². The molecule has 0 unspecified atom stereocenters. The van der Waals surface area contributed by atoms with Crippen molar-refractivity contribution >= 4 is 6.16 Å². The summed E-state index contributed by atoms with van der Waals surface area (Å²) < 4.78 is 8.90. The first-order chi connectivity index (χ1) is 5.81. The molecule has 0 fully saturated rings. The van der Waals surface area contributed by atoms with Gasteiger partial charge in [0.25, 0.3) is 0 Å². The van der Waals surface area contributed by atoms with Crippen LogP contribution in [0.5, 0.6) is 0 Å². The summed E-state index contributed by atoms with van der Waals surface area (Å²) >= 11 is 0. The number of unbranched alkanes of at least 4 members (excludes halogenated alkanes) is 3. The first kappa shape index (κ1) is 11.2. The van der Waals surface area contributed by atoms with Crippen molar-refractivity contribution in [2.45, 2.75) is 32.6 Å². The molecule has 0 aliphatic rings. The molecule has 0 rings (SSSR count). The highest BCUT2D eigenvalue weighted by Gasteiger charge is 2.00. The second-order valence-electron chi connectivity index (χ2n) is 2.45. The van der Waals surface area contributed by atoms with E-state index in [9.17, 15) is 4.79 Å². The number of nitrogens with one attached hydrogen (secondary N) is 1. The highest BCUT2D eigenvalue weighted by molar-refractivity contribution is 5.59. The van der Waals surface area contributed by atoms with Crippen molar-refractivity contribution in [2.24, 2.45) is 0 Å². The van der Waals surface area contributed by atoms with Crippen LogP contribution in [0.4, 0.5) is 4.79 Å². The monoisotopic (exact) mass is 174 g/mol. The van der Waals surface area contributed by atoms with Crippen LogP contribution >= 0.6 is 0 Å². The number of ether oxygens (including phenoxy) is 2. The summed E-state index contributed by atoms with van der Waals surface area (Å²) in [4.78, 5) is 10.5. The van der Waals surface area contributed by atoms with E-state index in [1.165, 1.54) is 0 Å². The van der Waals surface area contributed by atoms with Crippen molar-refractivity contribution in [1.29, 1.82) is 0 Å². The quantitative estimate of drug-likeness (QED) is 0.457. The van der Waals surface area contributed by atoms with Gasteiger partial charge in [0.2, 0.25) is 0 Å². The zero-order valence-electron chi connectivity index (χ0n) is 7.47. The smallest absolute Gasteiger partial charge is 0.434 e. The number of hydrogen-bond donors (Lipinski definition) is 0. The minimum Gasteiger partial charge on any atom is -0.434 e. The van der Waals surface area contributed by atoms with Crippen LogP contribution < -0.4 is 5.73 Å². The van der Waals surface area contributed by atoms with E-state index in [-0.39, 0.29) is 6.73 Å². The van der Waals surface area contributed by atoms with Gasteiger partial charge in [-0.15, -0.1) is 0 Å². The molecular formula is C8H16NO3. The molecule has 0 aromatic rings. The molecule has 0 spiro atoms. The van der Waals surface area contributed by atoms with Crippen molar-refractivity contribution in [3.8, 4) is 0 Å². The third-order valence-electron chi connectivity index (χ3n) is 1.41. The molecule has 0 atom stereocenters. The maximum Gasteiger partial charge on any atom is 0.509 e. The molecule has 0 heterocycles. The van der Waals surface area contributed by atoms with Crippen molar-refractivity contribution < 1.29 is 14.3 Å². The van der Waals surface area contributed by atoms with Crippen LogP contribution in [-0.2, 0) is 9.47 Å². The zero-order chi connectivity index (χ0) is 9.23. The minimum atomic E-state index is -0.735.